The highest BCUT2D eigenvalue weighted by atomic mass is 32.2. The third-order valence-electron chi connectivity index (χ3n) is 4.18. The smallest absolute Gasteiger partial charge is 0.0458 e. The van der Waals surface area contributed by atoms with Crippen molar-refractivity contribution in [2.24, 2.45) is 4.99 Å². The summed E-state index contributed by atoms with van der Waals surface area (Å²) in [7, 11) is 0. The molecule has 0 saturated heterocycles. The molecular weight excluding hydrogens is 382 g/mol. The van der Waals surface area contributed by atoms with Gasteiger partial charge in [-0.25, -0.2) is 0 Å². The van der Waals surface area contributed by atoms with Crippen molar-refractivity contribution in [1.29, 1.82) is 0 Å². The van der Waals surface area contributed by atoms with E-state index in [0.29, 0.717) is 0 Å². The average Bonchev–Trinajstić information content (AvgIpc) is 2.76. The zero-order valence-corrected chi connectivity index (χ0v) is 21.7. The van der Waals surface area contributed by atoms with E-state index in [1.807, 2.05) is 24.8 Å². The molecule has 0 N–H and O–H groups in total. The van der Waals surface area contributed by atoms with E-state index in [4.69, 9.17) is 0 Å². The Labute approximate surface area is 192 Å². The first-order chi connectivity index (χ1) is 14.3. The quantitative estimate of drug-likeness (QED) is 0.217. The lowest BCUT2D eigenvalue weighted by Crippen LogP contribution is -2.03. The van der Waals surface area contributed by atoms with E-state index >= 15 is 0 Å². The molecule has 0 atom stereocenters. The first-order valence-electron chi connectivity index (χ1n) is 11.2. The fraction of sp³-hybridized carbons (Fsp3) is 0.464. The zero-order valence-electron chi connectivity index (χ0n) is 20.8. The minimum absolute atomic E-state index is 0.919. The largest absolute Gasteiger partial charge is 0.262 e. The summed E-state index contributed by atoms with van der Waals surface area (Å²) in [6, 6.07) is 10.4. The first-order valence-corrected chi connectivity index (χ1v) is 12.2. The zero-order chi connectivity index (χ0) is 23.4. The molecule has 0 spiro atoms. The summed E-state index contributed by atoms with van der Waals surface area (Å²) in [5.41, 5.74) is 5.74. The monoisotopic (exact) mass is 427 g/mol. The van der Waals surface area contributed by atoms with Crippen LogP contribution in [0.15, 0.2) is 76.8 Å². The van der Waals surface area contributed by atoms with Gasteiger partial charge in [-0.05, 0) is 43.7 Å². The van der Waals surface area contributed by atoms with Crippen LogP contribution in [0.4, 0.5) is 0 Å². The van der Waals surface area contributed by atoms with Crippen molar-refractivity contribution in [1.82, 2.24) is 0 Å². The van der Waals surface area contributed by atoms with E-state index in [-0.39, 0.29) is 0 Å². The van der Waals surface area contributed by atoms with E-state index in [1.165, 1.54) is 52.9 Å². The van der Waals surface area contributed by atoms with Crippen LogP contribution < -0.4 is 0 Å². The van der Waals surface area contributed by atoms with Gasteiger partial charge in [0.2, 0.25) is 0 Å². The number of hydrogen-bond donors (Lipinski definition) is 0. The van der Waals surface area contributed by atoms with Gasteiger partial charge in [0.1, 0.15) is 0 Å². The van der Waals surface area contributed by atoms with Gasteiger partial charge in [0.05, 0.1) is 0 Å². The Morgan fingerprint density at radius 2 is 1.43 bits per heavy atom. The van der Waals surface area contributed by atoms with E-state index < -0.39 is 0 Å². The van der Waals surface area contributed by atoms with E-state index in [1.54, 1.807) is 6.20 Å². The van der Waals surface area contributed by atoms with Crippen molar-refractivity contribution in [3.05, 3.63) is 77.4 Å². The van der Waals surface area contributed by atoms with Crippen LogP contribution in [-0.4, -0.2) is 11.5 Å². The highest BCUT2D eigenvalue weighted by Gasteiger charge is 2.14. The highest BCUT2D eigenvalue weighted by Crippen LogP contribution is 2.32. The van der Waals surface area contributed by atoms with Gasteiger partial charge in [0.25, 0.3) is 0 Å². The molecule has 0 aliphatic heterocycles. The fourth-order valence-corrected chi connectivity index (χ4v) is 3.08. The van der Waals surface area contributed by atoms with Gasteiger partial charge in [-0.3, -0.25) is 4.99 Å². The Balaban J connectivity index is 0. The fourth-order valence-electron chi connectivity index (χ4n) is 2.22. The molecule has 0 heterocycles. The van der Waals surface area contributed by atoms with Gasteiger partial charge in [0.15, 0.2) is 0 Å². The molecule has 0 aliphatic carbocycles. The van der Waals surface area contributed by atoms with Crippen molar-refractivity contribution in [3.8, 4) is 0 Å². The summed E-state index contributed by atoms with van der Waals surface area (Å²) >= 11 is 1.81. The van der Waals surface area contributed by atoms with Crippen molar-refractivity contribution in [2.45, 2.75) is 81.1 Å². The molecule has 1 rings (SSSR count). The molecule has 1 aromatic rings. The SMILES string of the molecule is C=CN=C(C)C(/C(=C\C)c1ccccc1)=C(\C)SCC(=C)C.CCCC.CCCC. The summed E-state index contributed by atoms with van der Waals surface area (Å²) in [5.74, 6) is 0.919. The number of allylic oxidation sites excluding steroid dienone is 4. The molecule has 1 aromatic carbocycles. The predicted molar refractivity (Wildman–Crippen MR) is 145 cm³/mol. The molecule has 0 bridgehead atoms. The third-order valence-corrected chi connectivity index (χ3v) is 5.45. The van der Waals surface area contributed by atoms with Crippen LogP contribution >= 0.6 is 11.8 Å². The minimum atomic E-state index is 0.919. The second-order valence-corrected chi connectivity index (χ2v) is 8.33. The van der Waals surface area contributed by atoms with Crippen molar-refractivity contribution in [3.63, 3.8) is 0 Å². The van der Waals surface area contributed by atoms with E-state index in [9.17, 15) is 0 Å². The van der Waals surface area contributed by atoms with Crippen molar-refractivity contribution >= 4 is 23.0 Å². The van der Waals surface area contributed by atoms with Gasteiger partial charge >= 0.3 is 0 Å². The lowest BCUT2D eigenvalue weighted by Gasteiger charge is -2.16. The highest BCUT2D eigenvalue weighted by molar-refractivity contribution is 8.03. The molecule has 2 heteroatoms. The Morgan fingerprint density at radius 1 is 0.933 bits per heavy atom. The summed E-state index contributed by atoms with van der Waals surface area (Å²) in [5, 5.41) is 0. The van der Waals surface area contributed by atoms with E-state index in [0.717, 1.165) is 11.5 Å². The summed E-state index contributed by atoms with van der Waals surface area (Å²) in [6.45, 7) is 24.7. The maximum absolute atomic E-state index is 4.41. The van der Waals surface area contributed by atoms with Crippen molar-refractivity contribution < 1.29 is 0 Å². The lowest BCUT2D eigenvalue weighted by atomic mass is 9.94. The molecule has 0 unspecified atom stereocenters. The molecule has 0 fully saturated rings. The van der Waals surface area contributed by atoms with Gasteiger partial charge in [-0.15, -0.1) is 11.8 Å². The third kappa shape index (κ3) is 14.2. The Kier molecular flexibility index (Phi) is 20.7. The van der Waals surface area contributed by atoms with Crippen LogP contribution in [0, 0.1) is 0 Å². The summed E-state index contributed by atoms with van der Waals surface area (Å²) in [6.07, 6.45) is 9.03. The number of thioether (sulfide) groups is 1. The summed E-state index contributed by atoms with van der Waals surface area (Å²) in [4.78, 5) is 5.67. The Morgan fingerprint density at radius 3 is 1.80 bits per heavy atom. The van der Waals surface area contributed by atoms with Gasteiger partial charge < -0.3 is 0 Å². The Hall–Kier alpha value is -1.80. The van der Waals surface area contributed by atoms with Crippen LogP contribution in [0.3, 0.4) is 0 Å². The van der Waals surface area contributed by atoms with Crippen LogP contribution in [0.5, 0.6) is 0 Å². The predicted octanol–water partition coefficient (Wildman–Crippen LogP) is 9.89. The molecule has 0 radical (unpaired) electrons. The molecular formula is C28H45NS. The number of unbranched alkanes of at least 4 members (excludes halogenated alkanes) is 2. The number of hydrogen-bond acceptors (Lipinski definition) is 2. The number of benzene rings is 1. The second-order valence-electron chi connectivity index (χ2n) is 7.14. The number of aliphatic imine (C=N–C) groups is 1. The first kappa shape index (κ1) is 30.4. The second kappa shape index (κ2) is 20.5. The molecule has 0 amide bonds. The van der Waals surface area contributed by atoms with Crippen LogP contribution in [0.25, 0.3) is 5.57 Å². The molecule has 30 heavy (non-hydrogen) atoms. The summed E-state index contributed by atoms with van der Waals surface area (Å²) < 4.78 is 0. The van der Waals surface area contributed by atoms with Crippen LogP contribution in [0.2, 0.25) is 0 Å². The van der Waals surface area contributed by atoms with Gasteiger partial charge in [-0.2, -0.15) is 0 Å². The van der Waals surface area contributed by atoms with Crippen molar-refractivity contribution in [2.75, 3.05) is 5.75 Å². The Bertz CT molecular complexity index is 670. The molecule has 168 valence electrons. The molecule has 1 nitrogen and oxygen atoms in total. The van der Waals surface area contributed by atoms with E-state index in [2.05, 4.69) is 97.0 Å². The van der Waals surface area contributed by atoms with Gasteiger partial charge in [0, 0.05) is 23.2 Å². The number of rotatable bonds is 9. The molecule has 0 aliphatic rings. The molecule has 0 aromatic heterocycles. The lowest BCUT2D eigenvalue weighted by molar-refractivity contribution is 0.886. The van der Waals surface area contributed by atoms with Gasteiger partial charge in [-0.1, -0.05) is 109 Å². The maximum Gasteiger partial charge on any atom is 0.0458 e. The minimum Gasteiger partial charge on any atom is -0.262 e. The normalized spacial score (nSPS) is 12.0. The molecule has 0 saturated carbocycles. The topological polar surface area (TPSA) is 12.4 Å². The van der Waals surface area contributed by atoms with Crippen LogP contribution in [0.1, 0.15) is 86.6 Å². The standard InChI is InChI=1S/C20H25NS.2C4H10/c1-7-19(18-12-10-9-11-13-18)20(16(5)21-8-2)17(6)22-14-15(3)4;2*1-3-4-2/h7-13H,2-3,14H2,1,4-6H3;2*3-4H2,1-2H3/b19-7-,20-17-,21-16?;;. The average molecular weight is 428 g/mol. The number of nitrogens with zero attached hydrogens (tertiary/aromatic N) is 1. The van der Waals surface area contributed by atoms with Crippen LogP contribution in [-0.2, 0) is 0 Å². The maximum atomic E-state index is 4.41.